The second-order valence-electron chi connectivity index (χ2n) is 3.18. The first-order valence-corrected chi connectivity index (χ1v) is 4.70. The summed E-state index contributed by atoms with van der Waals surface area (Å²) in [6.07, 6.45) is 0. The number of ether oxygens (including phenoxy) is 1. The Bertz CT molecular complexity index is 519. The van der Waals surface area contributed by atoms with Crippen LogP contribution in [-0.2, 0) is 4.74 Å². The predicted molar refractivity (Wildman–Crippen MR) is 55.8 cm³/mol. The van der Waals surface area contributed by atoms with E-state index in [0.717, 1.165) is 0 Å². The lowest BCUT2D eigenvalue weighted by atomic mass is 10.1. The van der Waals surface area contributed by atoms with E-state index in [9.17, 15) is 4.79 Å². The van der Waals surface area contributed by atoms with Gasteiger partial charge in [-0.05, 0) is 19.1 Å². The number of aryl methyl sites for hydroxylation is 1. The van der Waals surface area contributed by atoms with Crippen LogP contribution < -0.4 is 0 Å². The van der Waals surface area contributed by atoms with Gasteiger partial charge in [0.05, 0.1) is 18.2 Å². The highest BCUT2D eigenvalue weighted by molar-refractivity contribution is 5.95. The van der Waals surface area contributed by atoms with Gasteiger partial charge in [-0.2, -0.15) is 4.98 Å². The zero-order chi connectivity index (χ0) is 11.5. The summed E-state index contributed by atoms with van der Waals surface area (Å²) in [5, 5.41) is 3.68. The van der Waals surface area contributed by atoms with Crippen LogP contribution in [0, 0.1) is 6.92 Å². The number of rotatable bonds is 2. The minimum absolute atomic E-state index is 0.318. The van der Waals surface area contributed by atoms with Crippen LogP contribution in [0.3, 0.4) is 0 Å². The Kier molecular flexibility index (Phi) is 2.68. The van der Waals surface area contributed by atoms with Crippen LogP contribution >= 0.6 is 0 Å². The number of aromatic nitrogens is 2. The number of benzene rings is 1. The lowest BCUT2D eigenvalue weighted by Crippen LogP contribution is -2.03. The first-order valence-electron chi connectivity index (χ1n) is 4.70. The van der Waals surface area contributed by atoms with Crippen LogP contribution in [0.2, 0.25) is 0 Å². The normalized spacial score (nSPS) is 10.1. The summed E-state index contributed by atoms with van der Waals surface area (Å²) in [4.78, 5) is 15.6. The van der Waals surface area contributed by atoms with Crippen molar-refractivity contribution < 1.29 is 14.1 Å². The first-order chi connectivity index (χ1) is 7.72. The van der Waals surface area contributed by atoms with Crippen molar-refractivity contribution in [2.24, 2.45) is 0 Å². The lowest BCUT2D eigenvalue weighted by molar-refractivity contribution is 0.0601. The van der Waals surface area contributed by atoms with E-state index in [1.165, 1.54) is 7.11 Å². The maximum absolute atomic E-state index is 11.5. The fourth-order valence-electron chi connectivity index (χ4n) is 1.36. The van der Waals surface area contributed by atoms with Crippen LogP contribution in [-0.4, -0.2) is 23.2 Å². The molecule has 5 heteroatoms. The molecule has 1 heterocycles. The molecule has 0 aliphatic carbocycles. The molecule has 2 aromatic rings. The molecule has 82 valence electrons. The van der Waals surface area contributed by atoms with Gasteiger partial charge in [0, 0.05) is 0 Å². The zero-order valence-corrected chi connectivity index (χ0v) is 8.93. The second-order valence-corrected chi connectivity index (χ2v) is 3.18. The monoisotopic (exact) mass is 218 g/mol. The molecule has 16 heavy (non-hydrogen) atoms. The van der Waals surface area contributed by atoms with Crippen LogP contribution in [0.5, 0.6) is 0 Å². The van der Waals surface area contributed by atoms with Crippen molar-refractivity contribution in [3.63, 3.8) is 0 Å². The topological polar surface area (TPSA) is 65.2 Å². The largest absolute Gasteiger partial charge is 0.465 e. The number of esters is 1. The first kappa shape index (κ1) is 10.4. The van der Waals surface area contributed by atoms with Crippen molar-refractivity contribution in [1.82, 2.24) is 10.1 Å². The van der Waals surface area contributed by atoms with Gasteiger partial charge in [-0.15, -0.1) is 0 Å². The number of methoxy groups -OCH3 is 1. The van der Waals surface area contributed by atoms with E-state index in [0.29, 0.717) is 22.8 Å². The molecule has 0 fully saturated rings. The van der Waals surface area contributed by atoms with E-state index in [1.54, 1.807) is 31.2 Å². The Morgan fingerprint density at radius 3 is 2.75 bits per heavy atom. The lowest BCUT2D eigenvalue weighted by Gasteiger charge is -2.02. The van der Waals surface area contributed by atoms with E-state index >= 15 is 0 Å². The average molecular weight is 218 g/mol. The van der Waals surface area contributed by atoms with E-state index in [1.807, 2.05) is 0 Å². The SMILES string of the molecule is COC(=O)c1ccccc1-c1nc(C)no1. The number of hydrogen-bond acceptors (Lipinski definition) is 5. The molecule has 0 unspecified atom stereocenters. The zero-order valence-electron chi connectivity index (χ0n) is 8.93. The van der Waals surface area contributed by atoms with Gasteiger partial charge in [0.25, 0.3) is 5.89 Å². The molecule has 0 aliphatic rings. The third kappa shape index (κ3) is 1.79. The van der Waals surface area contributed by atoms with Gasteiger partial charge in [-0.3, -0.25) is 0 Å². The number of nitrogens with zero attached hydrogens (tertiary/aromatic N) is 2. The van der Waals surface area contributed by atoms with Crippen molar-refractivity contribution >= 4 is 5.97 Å². The van der Waals surface area contributed by atoms with Gasteiger partial charge in [-0.25, -0.2) is 4.79 Å². The molecule has 0 aliphatic heterocycles. The fourth-order valence-corrected chi connectivity index (χ4v) is 1.36. The predicted octanol–water partition coefficient (Wildman–Crippen LogP) is 1.83. The highest BCUT2D eigenvalue weighted by atomic mass is 16.5. The molecule has 0 bridgehead atoms. The Labute approximate surface area is 92.0 Å². The highest BCUT2D eigenvalue weighted by Gasteiger charge is 2.16. The summed E-state index contributed by atoms with van der Waals surface area (Å²) in [6.45, 7) is 1.72. The molecule has 0 amide bonds. The van der Waals surface area contributed by atoms with Crippen LogP contribution in [0.25, 0.3) is 11.5 Å². The summed E-state index contributed by atoms with van der Waals surface area (Å²) >= 11 is 0. The molecule has 5 nitrogen and oxygen atoms in total. The molecule has 2 rings (SSSR count). The van der Waals surface area contributed by atoms with Crippen LogP contribution in [0.15, 0.2) is 28.8 Å². The van der Waals surface area contributed by atoms with Crippen molar-refractivity contribution in [2.75, 3.05) is 7.11 Å². The molecular formula is C11H10N2O3. The van der Waals surface area contributed by atoms with Gasteiger partial charge >= 0.3 is 5.97 Å². The standard InChI is InChI=1S/C11H10N2O3/c1-7-12-10(16-13-7)8-5-3-4-6-9(8)11(14)15-2/h3-6H,1-2H3. The fraction of sp³-hybridized carbons (Fsp3) is 0.182. The van der Waals surface area contributed by atoms with Gasteiger partial charge in [0.2, 0.25) is 0 Å². The molecular weight excluding hydrogens is 208 g/mol. The molecule has 0 radical (unpaired) electrons. The van der Waals surface area contributed by atoms with E-state index in [4.69, 9.17) is 4.52 Å². The molecule has 0 saturated heterocycles. The maximum atomic E-state index is 11.5. The highest BCUT2D eigenvalue weighted by Crippen LogP contribution is 2.22. The number of hydrogen-bond donors (Lipinski definition) is 0. The van der Waals surface area contributed by atoms with E-state index in [-0.39, 0.29) is 0 Å². The third-order valence-electron chi connectivity index (χ3n) is 2.09. The Hall–Kier alpha value is -2.17. The van der Waals surface area contributed by atoms with Crippen molar-refractivity contribution in [3.05, 3.63) is 35.7 Å². The van der Waals surface area contributed by atoms with Crippen molar-refractivity contribution in [2.45, 2.75) is 6.92 Å². The summed E-state index contributed by atoms with van der Waals surface area (Å²) in [5.41, 5.74) is 0.989. The number of carbonyl (C=O) groups excluding carboxylic acids is 1. The Balaban J connectivity index is 2.52. The molecule has 0 atom stereocenters. The van der Waals surface area contributed by atoms with Crippen molar-refractivity contribution in [3.8, 4) is 11.5 Å². The molecule has 1 aromatic heterocycles. The van der Waals surface area contributed by atoms with Crippen LogP contribution in [0.1, 0.15) is 16.2 Å². The maximum Gasteiger partial charge on any atom is 0.338 e. The summed E-state index contributed by atoms with van der Waals surface area (Å²) in [6, 6.07) is 6.93. The molecule has 0 N–H and O–H groups in total. The Morgan fingerprint density at radius 1 is 1.38 bits per heavy atom. The van der Waals surface area contributed by atoms with Crippen molar-refractivity contribution in [1.29, 1.82) is 0 Å². The Morgan fingerprint density at radius 2 is 2.12 bits per heavy atom. The number of carbonyl (C=O) groups is 1. The van der Waals surface area contributed by atoms with Gasteiger partial charge in [-0.1, -0.05) is 17.3 Å². The minimum Gasteiger partial charge on any atom is -0.465 e. The quantitative estimate of drug-likeness (QED) is 0.719. The van der Waals surface area contributed by atoms with Gasteiger partial charge < -0.3 is 9.26 Å². The second kappa shape index (κ2) is 4.14. The van der Waals surface area contributed by atoms with Crippen LogP contribution in [0.4, 0.5) is 0 Å². The minimum atomic E-state index is -0.425. The van der Waals surface area contributed by atoms with Gasteiger partial charge in [0.15, 0.2) is 5.82 Å². The summed E-state index contributed by atoms with van der Waals surface area (Å²) in [7, 11) is 1.33. The molecule has 1 aromatic carbocycles. The third-order valence-corrected chi connectivity index (χ3v) is 2.09. The van der Waals surface area contributed by atoms with E-state index in [2.05, 4.69) is 14.9 Å². The molecule has 0 saturated carbocycles. The average Bonchev–Trinajstić information content (AvgIpc) is 2.75. The van der Waals surface area contributed by atoms with Gasteiger partial charge in [0.1, 0.15) is 0 Å². The molecule has 0 spiro atoms. The smallest absolute Gasteiger partial charge is 0.338 e. The summed E-state index contributed by atoms with van der Waals surface area (Å²) < 4.78 is 9.69. The summed E-state index contributed by atoms with van der Waals surface area (Å²) in [5.74, 6) is 0.416. The van der Waals surface area contributed by atoms with E-state index < -0.39 is 5.97 Å².